The molecule has 2 aromatic carbocycles. The summed E-state index contributed by atoms with van der Waals surface area (Å²) in [6, 6.07) is 8.00. The van der Waals surface area contributed by atoms with Crippen LogP contribution in [-0.4, -0.2) is 34.4 Å². The topological polar surface area (TPSA) is 86.4 Å². The van der Waals surface area contributed by atoms with Crippen LogP contribution in [0.3, 0.4) is 0 Å². The van der Waals surface area contributed by atoms with Gasteiger partial charge in [0.15, 0.2) is 11.7 Å². The van der Waals surface area contributed by atoms with Gasteiger partial charge in [0, 0.05) is 47.5 Å². The van der Waals surface area contributed by atoms with Crippen LogP contribution >= 0.6 is 11.6 Å². The normalized spacial score (nSPS) is 16.5. The lowest BCUT2D eigenvalue weighted by Crippen LogP contribution is -2.40. The molecule has 0 bridgehead atoms. The molecule has 0 atom stereocenters. The minimum absolute atomic E-state index is 0.0275. The smallest absolute Gasteiger partial charge is 0.340 e. The third-order valence-corrected chi connectivity index (χ3v) is 7.42. The number of carbonyl (C=O) groups is 2. The molecule has 0 saturated carbocycles. The van der Waals surface area contributed by atoms with Crippen molar-refractivity contribution in [3.05, 3.63) is 87.0 Å². The Morgan fingerprint density at radius 3 is 2.72 bits per heavy atom. The summed E-state index contributed by atoms with van der Waals surface area (Å²) in [5, 5.41) is 4.35. The molecule has 9 heteroatoms. The zero-order valence-corrected chi connectivity index (χ0v) is 20.5. The van der Waals surface area contributed by atoms with E-state index in [1.54, 1.807) is 37.4 Å². The Kier molecular flexibility index (Phi) is 5.28. The summed E-state index contributed by atoms with van der Waals surface area (Å²) >= 11 is 6.28. The average molecular weight is 508 g/mol. The monoisotopic (exact) mass is 507 g/mol. The van der Waals surface area contributed by atoms with Crippen LogP contribution in [0.5, 0.6) is 0 Å². The lowest BCUT2D eigenvalue weighted by Gasteiger charge is -2.33. The van der Waals surface area contributed by atoms with Crippen molar-refractivity contribution in [2.75, 3.05) is 13.1 Å². The van der Waals surface area contributed by atoms with Gasteiger partial charge in [0.05, 0.1) is 23.2 Å². The first-order valence-electron chi connectivity index (χ1n) is 11.8. The van der Waals surface area contributed by atoms with Gasteiger partial charge < -0.3 is 19.0 Å². The molecule has 4 heterocycles. The molecule has 2 aliphatic rings. The summed E-state index contributed by atoms with van der Waals surface area (Å²) in [7, 11) is 0. The van der Waals surface area contributed by atoms with E-state index in [-0.39, 0.29) is 16.7 Å². The lowest BCUT2D eigenvalue weighted by molar-refractivity contribution is -0.0242. The number of aromatic nitrogens is 2. The Balaban J connectivity index is 1.50. The maximum atomic E-state index is 15.3. The highest BCUT2D eigenvalue weighted by atomic mass is 35.5. The number of esters is 1. The number of nitrogens with one attached hydrogen (secondary N) is 1. The van der Waals surface area contributed by atoms with Gasteiger partial charge in [-0.25, -0.2) is 14.2 Å². The predicted octanol–water partition coefficient (Wildman–Crippen LogP) is 5.07. The lowest BCUT2D eigenvalue weighted by atomic mass is 9.82. The summed E-state index contributed by atoms with van der Waals surface area (Å²) < 4.78 is 28.5. The van der Waals surface area contributed by atoms with Crippen LogP contribution in [0.2, 0.25) is 5.02 Å². The second-order valence-corrected chi connectivity index (χ2v) is 9.81. The molecule has 2 aliphatic heterocycles. The first-order chi connectivity index (χ1) is 17.3. The number of fused-ring (bicyclic) bond motifs is 3. The fourth-order valence-electron chi connectivity index (χ4n) is 5.47. The fourth-order valence-corrected chi connectivity index (χ4v) is 5.63. The van der Waals surface area contributed by atoms with Gasteiger partial charge >= 0.3 is 5.97 Å². The number of nitrogens with zero attached hydrogens (tertiary/aromatic N) is 2. The third-order valence-electron chi connectivity index (χ3n) is 7.18. The van der Waals surface area contributed by atoms with Crippen molar-refractivity contribution in [2.24, 2.45) is 0 Å². The van der Waals surface area contributed by atoms with E-state index in [0.717, 1.165) is 0 Å². The van der Waals surface area contributed by atoms with Crippen molar-refractivity contribution in [1.82, 2.24) is 14.9 Å². The van der Waals surface area contributed by atoms with E-state index in [1.165, 1.54) is 6.07 Å². The highest BCUT2D eigenvalue weighted by Gasteiger charge is 2.48. The van der Waals surface area contributed by atoms with E-state index in [4.69, 9.17) is 20.8 Å². The highest BCUT2D eigenvalue weighted by Crippen LogP contribution is 2.45. The van der Waals surface area contributed by atoms with Crippen LogP contribution in [0, 0.1) is 19.7 Å². The zero-order chi connectivity index (χ0) is 25.2. The molecule has 0 unspecified atom stereocenters. The summed E-state index contributed by atoms with van der Waals surface area (Å²) in [4.78, 5) is 31.4. The van der Waals surface area contributed by atoms with Gasteiger partial charge in [-0.05, 0) is 38.2 Å². The van der Waals surface area contributed by atoms with Crippen LogP contribution in [0.4, 0.5) is 4.39 Å². The molecule has 0 radical (unpaired) electrons. The Morgan fingerprint density at radius 2 is 2.00 bits per heavy atom. The Labute approximate surface area is 211 Å². The maximum absolute atomic E-state index is 15.3. The number of rotatable bonds is 4. The number of oxazole rings is 1. The SMILES string of the molecule is Cc1nc(Cn2cc(C(=O)c3c(F)ccc4c3C(=O)OC43CCNCC3)c3ccc(Cl)cc32)c(C)o1. The van der Waals surface area contributed by atoms with Crippen molar-refractivity contribution in [1.29, 1.82) is 0 Å². The number of hydrogen-bond donors (Lipinski definition) is 1. The van der Waals surface area contributed by atoms with Crippen LogP contribution in [0.25, 0.3) is 10.9 Å². The minimum Gasteiger partial charge on any atom is -0.450 e. The van der Waals surface area contributed by atoms with E-state index in [1.807, 2.05) is 11.5 Å². The number of piperidine rings is 1. The molecule has 1 N–H and O–H groups in total. The first kappa shape index (κ1) is 22.9. The molecule has 2 aromatic heterocycles. The van der Waals surface area contributed by atoms with Crippen LogP contribution in [0.15, 0.2) is 40.9 Å². The number of carbonyl (C=O) groups excluding carboxylic acids is 2. The molecule has 36 heavy (non-hydrogen) atoms. The molecule has 0 aliphatic carbocycles. The van der Waals surface area contributed by atoms with E-state index in [2.05, 4.69) is 10.3 Å². The number of hydrogen-bond acceptors (Lipinski definition) is 6. The number of ketones is 1. The van der Waals surface area contributed by atoms with Gasteiger partial charge in [0.2, 0.25) is 0 Å². The standard InChI is InChI=1S/C27H23ClFN3O4/c1-14-21(31-15(2)35-14)13-32-12-18(17-4-3-16(28)11-22(17)32)25(33)24-20(29)6-5-19-23(24)26(34)36-27(19)7-9-30-10-8-27/h3-6,11-12,30H,7-10,13H2,1-2H3. The van der Waals surface area contributed by atoms with Crippen molar-refractivity contribution in [3.63, 3.8) is 0 Å². The van der Waals surface area contributed by atoms with Gasteiger partial charge in [-0.15, -0.1) is 0 Å². The van der Waals surface area contributed by atoms with Gasteiger partial charge in [-0.2, -0.15) is 0 Å². The second kappa shape index (κ2) is 8.28. The van der Waals surface area contributed by atoms with Gasteiger partial charge in [0.1, 0.15) is 22.9 Å². The molecule has 4 aromatic rings. The Hall–Kier alpha value is -3.49. The van der Waals surface area contributed by atoms with E-state index in [9.17, 15) is 9.59 Å². The summed E-state index contributed by atoms with van der Waals surface area (Å²) in [5.41, 5.74) is 1.20. The maximum Gasteiger partial charge on any atom is 0.340 e. The molecule has 1 spiro atoms. The average Bonchev–Trinajstić information content (AvgIpc) is 3.45. The molecule has 7 nitrogen and oxygen atoms in total. The molecular weight excluding hydrogens is 485 g/mol. The van der Waals surface area contributed by atoms with E-state index in [0.29, 0.717) is 71.3 Å². The van der Waals surface area contributed by atoms with Gasteiger partial charge in [-0.1, -0.05) is 23.7 Å². The van der Waals surface area contributed by atoms with Crippen molar-refractivity contribution < 1.29 is 23.1 Å². The summed E-state index contributed by atoms with van der Waals surface area (Å²) in [6.45, 7) is 5.26. The van der Waals surface area contributed by atoms with E-state index < -0.39 is 23.2 Å². The molecule has 0 amide bonds. The Morgan fingerprint density at radius 1 is 1.22 bits per heavy atom. The second-order valence-electron chi connectivity index (χ2n) is 9.38. The highest BCUT2D eigenvalue weighted by molar-refractivity contribution is 6.31. The van der Waals surface area contributed by atoms with Crippen LogP contribution in [-0.2, 0) is 16.9 Å². The van der Waals surface area contributed by atoms with E-state index >= 15 is 4.39 Å². The fraction of sp³-hybridized carbons (Fsp3) is 0.296. The van der Waals surface area contributed by atoms with Crippen molar-refractivity contribution >= 4 is 34.3 Å². The van der Waals surface area contributed by atoms with Gasteiger partial charge in [-0.3, -0.25) is 4.79 Å². The summed E-state index contributed by atoms with van der Waals surface area (Å²) in [5.74, 6) is -0.770. The summed E-state index contributed by atoms with van der Waals surface area (Å²) in [6.07, 6.45) is 2.80. The Bertz CT molecular complexity index is 1560. The van der Waals surface area contributed by atoms with Gasteiger partial charge in [0.25, 0.3) is 0 Å². The van der Waals surface area contributed by atoms with Crippen molar-refractivity contribution in [2.45, 2.75) is 38.8 Å². The third kappa shape index (κ3) is 3.47. The molecule has 184 valence electrons. The molecule has 1 fully saturated rings. The largest absolute Gasteiger partial charge is 0.450 e. The number of aryl methyl sites for hydroxylation is 2. The number of ether oxygens (including phenoxy) is 1. The van der Waals surface area contributed by atoms with Crippen LogP contribution in [0.1, 0.15) is 62.0 Å². The molecule has 6 rings (SSSR count). The molecule has 1 saturated heterocycles. The minimum atomic E-state index is -0.829. The first-order valence-corrected chi connectivity index (χ1v) is 12.2. The number of halogens is 2. The zero-order valence-electron chi connectivity index (χ0n) is 19.8. The predicted molar refractivity (Wildman–Crippen MR) is 131 cm³/mol. The quantitative estimate of drug-likeness (QED) is 0.307. The van der Waals surface area contributed by atoms with Crippen molar-refractivity contribution in [3.8, 4) is 0 Å². The number of benzene rings is 2. The molecular formula is C27H23ClFN3O4. The van der Waals surface area contributed by atoms with Crippen LogP contribution < -0.4 is 5.32 Å².